The van der Waals surface area contributed by atoms with E-state index in [1.165, 1.54) is 0 Å². The van der Waals surface area contributed by atoms with Crippen LogP contribution in [0, 0.1) is 0 Å². The molecular formula is C16H33N3O2. The molecule has 0 heterocycles. The summed E-state index contributed by atoms with van der Waals surface area (Å²) < 4.78 is 0. The second kappa shape index (κ2) is 8.11. The quantitative estimate of drug-likeness (QED) is 0.678. The normalized spacial score (nSPS) is 26.2. The maximum atomic E-state index is 11.7. The van der Waals surface area contributed by atoms with E-state index in [0.717, 1.165) is 45.3 Å². The molecule has 2 unspecified atom stereocenters. The van der Waals surface area contributed by atoms with E-state index in [1.54, 1.807) is 0 Å². The van der Waals surface area contributed by atoms with Gasteiger partial charge in [-0.05, 0) is 73.3 Å². The summed E-state index contributed by atoms with van der Waals surface area (Å²) in [5.41, 5.74) is -0.728. The molecule has 1 aliphatic rings. The van der Waals surface area contributed by atoms with Crippen molar-refractivity contribution in [3.63, 3.8) is 0 Å². The van der Waals surface area contributed by atoms with E-state index in [2.05, 4.69) is 36.1 Å². The largest absolute Gasteiger partial charge is 0.480 e. The molecule has 0 bridgehead atoms. The Morgan fingerprint density at radius 1 is 1.38 bits per heavy atom. The van der Waals surface area contributed by atoms with Crippen molar-refractivity contribution in [3.05, 3.63) is 0 Å². The first-order chi connectivity index (χ1) is 9.80. The molecular weight excluding hydrogens is 266 g/mol. The number of hydrogen-bond donors (Lipinski definition) is 2. The molecule has 5 nitrogen and oxygen atoms in total. The molecule has 0 aromatic rings. The number of nitrogens with one attached hydrogen (secondary N) is 1. The predicted octanol–water partition coefficient (Wildman–Crippen LogP) is 1.63. The van der Waals surface area contributed by atoms with Gasteiger partial charge in [0.1, 0.15) is 5.54 Å². The molecule has 2 N–H and O–H groups in total. The van der Waals surface area contributed by atoms with E-state index in [1.807, 2.05) is 13.8 Å². The topological polar surface area (TPSA) is 55.8 Å². The highest BCUT2D eigenvalue weighted by Crippen LogP contribution is 2.34. The minimum Gasteiger partial charge on any atom is -0.480 e. The minimum absolute atomic E-state index is 0.198. The van der Waals surface area contributed by atoms with Crippen LogP contribution in [0.4, 0.5) is 0 Å². The maximum absolute atomic E-state index is 11.7. The van der Waals surface area contributed by atoms with Gasteiger partial charge in [0.15, 0.2) is 0 Å². The summed E-state index contributed by atoms with van der Waals surface area (Å²) in [4.78, 5) is 16.4. The molecule has 1 rings (SSSR count). The van der Waals surface area contributed by atoms with Crippen LogP contribution in [0.25, 0.3) is 0 Å². The van der Waals surface area contributed by atoms with Crippen molar-refractivity contribution >= 4 is 5.97 Å². The molecule has 0 amide bonds. The Balaban J connectivity index is 2.61. The standard InChI is InChI=1S/C16H33N3O2/c1-6-19(11-7-10-18(4)5)14-8-9-16(12-14,15(20)21)17-13(2)3/h13-14,17H,6-12H2,1-5H3,(H,20,21). The maximum Gasteiger partial charge on any atom is 0.323 e. The Labute approximate surface area is 129 Å². The van der Waals surface area contributed by atoms with Crippen molar-refractivity contribution in [1.82, 2.24) is 15.1 Å². The first kappa shape index (κ1) is 18.4. The highest BCUT2D eigenvalue weighted by Gasteiger charge is 2.46. The third-order valence-corrected chi connectivity index (χ3v) is 4.44. The van der Waals surface area contributed by atoms with Gasteiger partial charge in [-0.2, -0.15) is 0 Å². The van der Waals surface area contributed by atoms with Crippen LogP contribution in [-0.2, 0) is 4.79 Å². The van der Waals surface area contributed by atoms with Crippen LogP contribution in [0.3, 0.4) is 0 Å². The predicted molar refractivity (Wildman–Crippen MR) is 86.7 cm³/mol. The van der Waals surface area contributed by atoms with E-state index < -0.39 is 11.5 Å². The fraction of sp³-hybridized carbons (Fsp3) is 0.938. The second-order valence-electron chi connectivity index (χ2n) is 6.87. The molecule has 124 valence electrons. The molecule has 2 atom stereocenters. The zero-order valence-electron chi connectivity index (χ0n) is 14.4. The lowest BCUT2D eigenvalue weighted by atomic mass is 9.96. The van der Waals surface area contributed by atoms with E-state index >= 15 is 0 Å². The number of carboxylic acid groups (broad SMARTS) is 1. The fourth-order valence-electron chi connectivity index (χ4n) is 3.46. The average Bonchev–Trinajstić information content (AvgIpc) is 2.79. The Kier molecular flexibility index (Phi) is 7.10. The summed E-state index contributed by atoms with van der Waals surface area (Å²) >= 11 is 0. The summed E-state index contributed by atoms with van der Waals surface area (Å²) in [6.07, 6.45) is 3.56. The molecule has 0 aromatic heterocycles. The number of hydrogen-bond acceptors (Lipinski definition) is 4. The third kappa shape index (κ3) is 5.24. The van der Waals surface area contributed by atoms with Gasteiger partial charge in [-0.3, -0.25) is 10.1 Å². The Morgan fingerprint density at radius 2 is 2.05 bits per heavy atom. The summed E-state index contributed by atoms with van der Waals surface area (Å²) in [5.74, 6) is -0.692. The summed E-state index contributed by atoms with van der Waals surface area (Å²) in [6.45, 7) is 9.34. The first-order valence-electron chi connectivity index (χ1n) is 8.20. The van der Waals surface area contributed by atoms with Gasteiger partial charge in [-0.25, -0.2) is 0 Å². The molecule has 0 aromatic carbocycles. The van der Waals surface area contributed by atoms with E-state index in [-0.39, 0.29) is 6.04 Å². The van der Waals surface area contributed by atoms with Crippen molar-refractivity contribution in [2.24, 2.45) is 0 Å². The van der Waals surface area contributed by atoms with Crippen molar-refractivity contribution in [1.29, 1.82) is 0 Å². The molecule has 0 spiro atoms. The summed E-state index contributed by atoms with van der Waals surface area (Å²) in [5, 5.41) is 12.9. The Morgan fingerprint density at radius 3 is 2.52 bits per heavy atom. The lowest BCUT2D eigenvalue weighted by molar-refractivity contribution is -0.145. The molecule has 5 heteroatoms. The van der Waals surface area contributed by atoms with Crippen LogP contribution in [-0.4, -0.2) is 72.2 Å². The minimum atomic E-state index is -0.728. The highest BCUT2D eigenvalue weighted by molar-refractivity contribution is 5.79. The Bertz CT molecular complexity index is 333. The van der Waals surface area contributed by atoms with Crippen molar-refractivity contribution < 1.29 is 9.90 Å². The summed E-state index contributed by atoms with van der Waals surface area (Å²) in [6, 6.07) is 0.586. The van der Waals surface area contributed by atoms with E-state index in [0.29, 0.717) is 6.04 Å². The van der Waals surface area contributed by atoms with Gasteiger partial charge in [0.05, 0.1) is 0 Å². The lowest BCUT2D eigenvalue weighted by Crippen LogP contribution is -2.54. The van der Waals surface area contributed by atoms with Gasteiger partial charge in [0.2, 0.25) is 0 Å². The van der Waals surface area contributed by atoms with Crippen LogP contribution >= 0.6 is 0 Å². The van der Waals surface area contributed by atoms with E-state index in [4.69, 9.17) is 0 Å². The molecule has 1 fully saturated rings. The van der Waals surface area contributed by atoms with Gasteiger partial charge in [-0.15, -0.1) is 0 Å². The van der Waals surface area contributed by atoms with Gasteiger partial charge in [0, 0.05) is 12.1 Å². The molecule has 1 saturated carbocycles. The highest BCUT2D eigenvalue weighted by atomic mass is 16.4. The van der Waals surface area contributed by atoms with Gasteiger partial charge >= 0.3 is 5.97 Å². The number of rotatable bonds is 9. The van der Waals surface area contributed by atoms with Gasteiger partial charge in [-0.1, -0.05) is 6.92 Å². The average molecular weight is 299 g/mol. The van der Waals surface area contributed by atoms with Gasteiger partial charge < -0.3 is 14.9 Å². The van der Waals surface area contributed by atoms with Crippen LogP contribution in [0.2, 0.25) is 0 Å². The Hall–Kier alpha value is -0.650. The van der Waals surface area contributed by atoms with E-state index in [9.17, 15) is 9.90 Å². The lowest BCUT2D eigenvalue weighted by Gasteiger charge is -2.32. The number of carboxylic acids is 1. The number of nitrogens with zero attached hydrogens (tertiary/aromatic N) is 2. The summed E-state index contributed by atoms with van der Waals surface area (Å²) in [7, 11) is 4.18. The van der Waals surface area contributed by atoms with Crippen LogP contribution in [0.1, 0.15) is 46.5 Å². The van der Waals surface area contributed by atoms with Crippen molar-refractivity contribution in [2.45, 2.75) is 64.1 Å². The van der Waals surface area contributed by atoms with Crippen LogP contribution < -0.4 is 5.32 Å². The third-order valence-electron chi connectivity index (χ3n) is 4.44. The van der Waals surface area contributed by atoms with Crippen LogP contribution in [0.15, 0.2) is 0 Å². The molecule has 0 radical (unpaired) electrons. The molecule has 1 aliphatic carbocycles. The zero-order chi connectivity index (χ0) is 16.0. The van der Waals surface area contributed by atoms with Crippen LogP contribution in [0.5, 0.6) is 0 Å². The molecule has 0 aliphatic heterocycles. The van der Waals surface area contributed by atoms with Gasteiger partial charge in [0.25, 0.3) is 0 Å². The smallest absolute Gasteiger partial charge is 0.323 e. The second-order valence-corrected chi connectivity index (χ2v) is 6.87. The number of carbonyl (C=O) groups is 1. The molecule has 21 heavy (non-hydrogen) atoms. The fourth-order valence-corrected chi connectivity index (χ4v) is 3.46. The first-order valence-corrected chi connectivity index (χ1v) is 8.20. The zero-order valence-corrected chi connectivity index (χ0v) is 14.4. The van der Waals surface area contributed by atoms with Crippen molar-refractivity contribution in [2.75, 3.05) is 33.7 Å². The monoisotopic (exact) mass is 299 g/mol. The van der Waals surface area contributed by atoms with Crippen molar-refractivity contribution in [3.8, 4) is 0 Å². The number of aliphatic carboxylic acids is 1. The SMILES string of the molecule is CCN(CCCN(C)C)C1CCC(NC(C)C)(C(=O)O)C1. The molecule has 0 saturated heterocycles.